The van der Waals surface area contributed by atoms with Crippen molar-refractivity contribution < 1.29 is 4.79 Å². The van der Waals surface area contributed by atoms with Gasteiger partial charge in [-0.2, -0.15) is 0 Å². The minimum atomic E-state index is -0.177. The molecule has 0 radical (unpaired) electrons. The Bertz CT molecular complexity index is 481. The third-order valence-corrected chi connectivity index (χ3v) is 2.63. The molecule has 0 aliphatic carbocycles. The number of H-pyrrole nitrogens is 1. The van der Waals surface area contributed by atoms with E-state index in [0.717, 1.165) is 10.3 Å². The highest BCUT2D eigenvalue weighted by Gasteiger charge is 2.06. The van der Waals surface area contributed by atoms with Gasteiger partial charge in [0.25, 0.3) is 5.91 Å². The van der Waals surface area contributed by atoms with Crippen molar-refractivity contribution in [2.75, 3.05) is 6.54 Å². The molecular formula is C11H11BrN4O. The fraction of sp³-hybridized carbons (Fsp3) is 0.182. The summed E-state index contributed by atoms with van der Waals surface area (Å²) in [6.07, 6.45) is 5.72. The van der Waals surface area contributed by atoms with Gasteiger partial charge in [0.2, 0.25) is 0 Å². The SMILES string of the molecule is O=C(NCCc1ncc[nH]1)c1ccc(Br)cn1. The number of carbonyl (C=O) groups excluding carboxylic acids is 1. The Labute approximate surface area is 107 Å². The van der Waals surface area contributed by atoms with Crippen LogP contribution in [0.15, 0.2) is 35.2 Å². The Balaban J connectivity index is 1.83. The van der Waals surface area contributed by atoms with Gasteiger partial charge >= 0.3 is 0 Å². The summed E-state index contributed by atoms with van der Waals surface area (Å²) < 4.78 is 0.852. The fourth-order valence-electron chi connectivity index (χ4n) is 1.33. The van der Waals surface area contributed by atoms with E-state index in [1.165, 1.54) is 0 Å². The third kappa shape index (κ3) is 3.39. The maximum Gasteiger partial charge on any atom is 0.269 e. The van der Waals surface area contributed by atoms with Crippen LogP contribution in [0.3, 0.4) is 0 Å². The Kier molecular flexibility index (Phi) is 3.87. The minimum Gasteiger partial charge on any atom is -0.350 e. The lowest BCUT2D eigenvalue weighted by Gasteiger charge is -2.03. The molecule has 2 N–H and O–H groups in total. The van der Waals surface area contributed by atoms with Crippen LogP contribution in [-0.2, 0) is 6.42 Å². The molecule has 0 unspecified atom stereocenters. The molecule has 0 saturated heterocycles. The molecule has 0 aliphatic rings. The topological polar surface area (TPSA) is 70.7 Å². The molecule has 1 amide bonds. The number of rotatable bonds is 4. The summed E-state index contributed by atoms with van der Waals surface area (Å²) in [7, 11) is 0. The van der Waals surface area contributed by atoms with Crippen molar-refractivity contribution in [2.45, 2.75) is 6.42 Å². The van der Waals surface area contributed by atoms with Crippen LogP contribution >= 0.6 is 15.9 Å². The van der Waals surface area contributed by atoms with Gasteiger partial charge in [-0.3, -0.25) is 4.79 Å². The van der Waals surface area contributed by atoms with Crippen LogP contribution < -0.4 is 5.32 Å². The van der Waals surface area contributed by atoms with Crippen LogP contribution in [0.4, 0.5) is 0 Å². The molecule has 2 rings (SSSR count). The molecule has 0 saturated carbocycles. The van der Waals surface area contributed by atoms with Crippen molar-refractivity contribution >= 4 is 21.8 Å². The maximum absolute atomic E-state index is 11.7. The number of amides is 1. The van der Waals surface area contributed by atoms with Crippen molar-refractivity contribution in [3.8, 4) is 0 Å². The van der Waals surface area contributed by atoms with Crippen LogP contribution in [0.2, 0.25) is 0 Å². The second kappa shape index (κ2) is 5.58. The lowest BCUT2D eigenvalue weighted by atomic mass is 10.3. The van der Waals surface area contributed by atoms with Gasteiger partial charge in [-0.25, -0.2) is 9.97 Å². The monoisotopic (exact) mass is 294 g/mol. The van der Waals surface area contributed by atoms with Crippen molar-refractivity contribution in [3.63, 3.8) is 0 Å². The maximum atomic E-state index is 11.7. The molecule has 0 spiro atoms. The standard InChI is InChI=1S/C11H11BrN4O/c12-8-1-2-9(16-7-8)11(17)15-4-3-10-13-5-6-14-10/h1-2,5-7H,3-4H2,(H,13,14)(H,15,17). The molecule has 0 bridgehead atoms. The summed E-state index contributed by atoms with van der Waals surface area (Å²) in [6.45, 7) is 0.532. The van der Waals surface area contributed by atoms with E-state index < -0.39 is 0 Å². The zero-order chi connectivity index (χ0) is 12.1. The van der Waals surface area contributed by atoms with Gasteiger partial charge in [-0.05, 0) is 28.1 Å². The first-order valence-corrected chi connectivity index (χ1v) is 5.93. The molecule has 0 aliphatic heterocycles. The number of pyridine rings is 1. The molecule has 2 aromatic heterocycles. The Morgan fingerprint density at radius 2 is 2.29 bits per heavy atom. The number of aromatic amines is 1. The summed E-state index contributed by atoms with van der Waals surface area (Å²) in [5.74, 6) is 0.679. The molecular weight excluding hydrogens is 284 g/mol. The zero-order valence-electron chi connectivity index (χ0n) is 8.98. The smallest absolute Gasteiger partial charge is 0.269 e. The summed E-state index contributed by atoms with van der Waals surface area (Å²) in [4.78, 5) is 22.7. The number of nitrogens with one attached hydrogen (secondary N) is 2. The molecule has 0 aromatic carbocycles. The predicted octanol–water partition coefficient (Wildman–Crippen LogP) is 1.54. The third-order valence-electron chi connectivity index (χ3n) is 2.16. The van der Waals surface area contributed by atoms with Crippen molar-refractivity contribution in [1.29, 1.82) is 0 Å². The Hall–Kier alpha value is -1.69. The first-order valence-electron chi connectivity index (χ1n) is 5.14. The summed E-state index contributed by atoms with van der Waals surface area (Å²) >= 11 is 3.27. The number of aromatic nitrogens is 3. The molecule has 0 atom stereocenters. The highest BCUT2D eigenvalue weighted by molar-refractivity contribution is 9.10. The molecule has 2 heterocycles. The van der Waals surface area contributed by atoms with Crippen LogP contribution in [0, 0.1) is 0 Å². The van der Waals surface area contributed by atoms with Crippen molar-refractivity contribution in [1.82, 2.24) is 20.3 Å². The van der Waals surface area contributed by atoms with Gasteiger partial charge in [0.1, 0.15) is 11.5 Å². The zero-order valence-corrected chi connectivity index (χ0v) is 10.6. The molecule has 6 heteroatoms. The molecule has 88 valence electrons. The van der Waals surface area contributed by atoms with Crippen molar-refractivity contribution in [2.24, 2.45) is 0 Å². The van der Waals surface area contributed by atoms with E-state index in [0.29, 0.717) is 18.7 Å². The summed E-state index contributed by atoms with van der Waals surface area (Å²) in [5.41, 5.74) is 0.410. The molecule has 2 aromatic rings. The van der Waals surface area contributed by atoms with Gasteiger partial charge in [-0.15, -0.1) is 0 Å². The van der Waals surface area contributed by atoms with E-state index in [9.17, 15) is 4.79 Å². The van der Waals surface area contributed by atoms with Gasteiger partial charge < -0.3 is 10.3 Å². The van der Waals surface area contributed by atoms with Gasteiger partial charge in [0.15, 0.2) is 0 Å². The Morgan fingerprint density at radius 1 is 1.41 bits per heavy atom. The second-order valence-corrected chi connectivity index (χ2v) is 4.32. The number of carbonyl (C=O) groups is 1. The molecule has 17 heavy (non-hydrogen) atoms. The summed E-state index contributed by atoms with van der Waals surface area (Å²) in [6, 6.07) is 3.46. The van der Waals surface area contributed by atoms with Crippen LogP contribution in [-0.4, -0.2) is 27.4 Å². The normalized spacial score (nSPS) is 10.2. The fourth-order valence-corrected chi connectivity index (χ4v) is 1.56. The van der Waals surface area contributed by atoms with E-state index >= 15 is 0 Å². The van der Waals surface area contributed by atoms with E-state index in [-0.39, 0.29) is 5.91 Å². The van der Waals surface area contributed by atoms with E-state index in [1.54, 1.807) is 30.7 Å². The molecule has 0 fully saturated rings. The van der Waals surface area contributed by atoms with Gasteiger partial charge in [0.05, 0.1) is 0 Å². The predicted molar refractivity (Wildman–Crippen MR) is 66.6 cm³/mol. The van der Waals surface area contributed by atoms with Gasteiger partial charge in [0, 0.05) is 36.0 Å². The first-order chi connectivity index (χ1) is 8.25. The number of nitrogens with zero attached hydrogens (tertiary/aromatic N) is 2. The highest BCUT2D eigenvalue weighted by atomic mass is 79.9. The lowest BCUT2D eigenvalue weighted by Crippen LogP contribution is -2.26. The van der Waals surface area contributed by atoms with Crippen LogP contribution in [0.25, 0.3) is 0 Å². The minimum absolute atomic E-state index is 0.177. The number of imidazole rings is 1. The average Bonchev–Trinajstić information content (AvgIpc) is 2.83. The number of halogens is 1. The lowest BCUT2D eigenvalue weighted by molar-refractivity contribution is 0.0949. The second-order valence-electron chi connectivity index (χ2n) is 3.40. The largest absolute Gasteiger partial charge is 0.350 e. The summed E-state index contributed by atoms with van der Waals surface area (Å²) in [5, 5.41) is 2.78. The molecule has 5 nitrogen and oxygen atoms in total. The van der Waals surface area contributed by atoms with Crippen molar-refractivity contribution in [3.05, 3.63) is 46.7 Å². The number of hydrogen-bond acceptors (Lipinski definition) is 3. The van der Waals surface area contributed by atoms with Crippen LogP contribution in [0.1, 0.15) is 16.3 Å². The van der Waals surface area contributed by atoms with Crippen LogP contribution in [0.5, 0.6) is 0 Å². The average molecular weight is 295 g/mol. The number of hydrogen-bond donors (Lipinski definition) is 2. The highest BCUT2D eigenvalue weighted by Crippen LogP contribution is 2.07. The van der Waals surface area contributed by atoms with E-state index in [1.807, 2.05) is 0 Å². The van der Waals surface area contributed by atoms with E-state index in [2.05, 4.69) is 36.2 Å². The first kappa shape index (κ1) is 11.8. The van der Waals surface area contributed by atoms with E-state index in [4.69, 9.17) is 0 Å². The van der Waals surface area contributed by atoms with Gasteiger partial charge in [-0.1, -0.05) is 0 Å². The Morgan fingerprint density at radius 3 is 2.94 bits per heavy atom. The quantitative estimate of drug-likeness (QED) is 0.899.